The van der Waals surface area contributed by atoms with Gasteiger partial charge in [-0.05, 0) is 44.0 Å². The van der Waals surface area contributed by atoms with E-state index >= 15 is 0 Å². The molecule has 0 aliphatic carbocycles. The van der Waals surface area contributed by atoms with Crippen LogP contribution in [-0.2, 0) is 23.1 Å². The van der Waals surface area contributed by atoms with E-state index in [-0.39, 0.29) is 6.03 Å². The molecule has 1 aliphatic heterocycles. The molecule has 142 valence electrons. The lowest BCUT2D eigenvalue weighted by Crippen LogP contribution is -2.38. The van der Waals surface area contributed by atoms with E-state index in [1.165, 1.54) is 15.6 Å². The van der Waals surface area contributed by atoms with Crippen molar-refractivity contribution in [3.8, 4) is 0 Å². The molecule has 0 aromatic carbocycles. The number of carbonyl (C=O) groups is 1. The maximum atomic E-state index is 12.5. The minimum absolute atomic E-state index is 0.207. The summed E-state index contributed by atoms with van der Waals surface area (Å²) in [6.45, 7) is 4.32. The van der Waals surface area contributed by atoms with Crippen molar-refractivity contribution >= 4 is 27.4 Å². The molecular weight excluding hydrogens is 374 g/mol. The van der Waals surface area contributed by atoms with Gasteiger partial charge in [0, 0.05) is 24.5 Å². The molecule has 1 aliphatic rings. The molecule has 0 saturated carbocycles. The normalized spacial score (nSPS) is 15.3. The molecule has 2 amide bonds. The first-order chi connectivity index (χ1) is 12.5. The second-order valence-electron chi connectivity index (χ2n) is 6.08. The van der Waals surface area contributed by atoms with Gasteiger partial charge in [0.15, 0.2) is 0 Å². The first-order valence-corrected chi connectivity index (χ1v) is 10.9. The minimum atomic E-state index is -3.40. The summed E-state index contributed by atoms with van der Waals surface area (Å²) >= 11 is 1.21. The van der Waals surface area contributed by atoms with E-state index in [9.17, 15) is 13.2 Å². The predicted molar refractivity (Wildman–Crippen MR) is 99.3 cm³/mol. The number of nitrogens with one attached hydrogen (secondary N) is 1. The Morgan fingerprint density at radius 2 is 2.08 bits per heavy atom. The van der Waals surface area contributed by atoms with Gasteiger partial charge in [0.05, 0.1) is 19.4 Å². The van der Waals surface area contributed by atoms with Gasteiger partial charge in [-0.1, -0.05) is 0 Å². The first kappa shape index (κ1) is 18.9. The SMILES string of the molecule is CCN(Cc1ccco1)C(=O)NCc1ccc(S(=O)(=O)N2CCCC2)s1. The second-order valence-corrected chi connectivity index (χ2v) is 9.42. The van der Waals surface area contributed by atoms with Gasteiger partial charge in [-0.25, -0.2) is 13.2 Å². The van der Waals surface area contributed by atoms with Crippen molar-refractivity contribution in [2.75, 3.05) is 19.6 Å². The van der Waals surface area contributed by atoms with E-state index in [4.69, 9.17) is 4.42 Å². The first-order valence-electron chi connectivity index (χ1n) is 8.64. The van der Waals surface area contributed by atoms with Crippen molar-refractivity contribution in [3.63, 3.8) is 0 Å². The zero-order valence-corrected chi connectivity index (χ0v) is 16.3. The Hall–Kier alpha value is -1.84. The highest BCUT2D eigenvalue weighted by Gasteiger charge is 2.28. The van der Waals surface area contributed by atoms with Gasteiger partial charge in [-0.3, -0.25) is 0 Å². The molecule has 0 atom stereocenters. The number of thiophene rings is 1. The van der Waals surface area contributed by atoms with Gasteiger partial charge in [0.1, 0.15) is 9.97 Å². The fraction of sp³-hybridized carbons (Fsp3) is 0.471. The fourth-order valence-electron chi connectivity index (χ4n) is 2.84. The number of nitrogens with zero attached hydrogens (tertiary/aromatic N) is 2. The summed E-state index contributed by atoms with van der Waals surface area (Å²) in [5.74, 6) is 0.720. The predicted octanol–water partition coefficient (Wildman–Crippen LogP) is 2.86. The highest BCUT2D eigenvalue weighted by molar-refractivity contribution is 7.91. The van der Waals surface area contributed by atoms with Crippen LogP contribution in [0.1, 0.15) is 30.4 Å². The maximum Gasteiger partial charge on any atom is 0.318 e. The monoisotopic (exact) mass is 397 g/mol. The molecule has 9 heteroatoms. The number of furan rings is 1. The Morgan fingerprint density at radius 3 is 2.73 bits per heavy atom. The summed E-state index contributed by atoms with van der Waals surface area (Å²) in [6.07, 6.45) is 3.40. The van der Waals surface area contributed by atoms with E-state index in [1.807, 2.05) is 13.0 Å². The molecule has 3 heterocycles. The van der Waals surface area contributed by atoms with Crippen LogP contribution in [-0.4, -0.2) is 43.3 Å². The lowest BCUT2D eigenvalue weighted by atomic mass is 10.4. The molecule has 1 N–H and O–H groups in total. The molecule has 0 unspecified atom stereocenters. The van der Waals surface area contributed by atoms with Crippen molar-refractivity contribution in [1.29, 1.82) is 0 Å². The maximum absolute atomic E-state index is 12.5. The van der Waals surface area contributed by atoms with E-state index in [0.717, 1.165) is 23.5 Å². The molecule has 1 saturated heterocycles. The average molecular weight is 398 g/mol. The van der Waals surface area contributed by atoms with Crippen molar-refractivity contribution in [2.45, 2.75) is 37.1 Å². The van der Waals surface area contributed by atoms with Crippen LogP contribution in [0.5, 0.6) is 0 Å². The van der Waals surface area contributed by atoms with Crippen molar-refractivity contribution in [2.24, 2.45) is 0 Å². The topological polar surface area (TPSA) is 82.9 Å². The molecule has 1 fully saturated rings. The Labute approximate surface area is 157 Å². The number of urea groups is 1. The molecule has 0 bridgehead atoms. The molecule has 3 rings (SSSR count). The Balaban J connectivity index is 1.58. The Bertz CT molecular complexity index is 824. The summed E-state index contributed by atoms with van der Waals surface area (Å²) in [5.41, 5.74) is 0. The summed E-state index contributed by atoms with van der Waals surface area (Å²) < 4.78 is 32.2. The summed E-state index contributed by atoms with van der Waals surface area (Å²) in [7, 11) is -3.40. The van der Waals surface area contributed by atoms with Crippen LogP contribution >= 0.6 is 11.3 Å². The van der Waals surface area contributed by atoms with Crippen molar-refractivity contribution in [3.05, 3.63) is 41.2 Å². The molecule has 0 radical (unpaired) electrons. The molecule has 7 nitrogen and oxygen atoms in total. The molecule has 0 spiro atoms. The number of hydrogen-bond donors (Lipinski definition) is 1. The molecule has 2 aromatic rings. The zero-order valence-electron chi connectivity index (χ0n) is 14.7. The zero-order chi connectivity index (χ0) is 18.6. The van der Waals surface area contributed by atoms with Gasteiger partial charge in [0.2, 0.25) is 0 Å². The number of rotatable bonds is 7. The van der Waals surface area contributed by atoms with Crippen molar-refractivity contribution < 1.29 is 17.6 Å². The van der Waals surface area contributed by atoms with Gasteiger partial charge >= 0.3 is 6.03 Å². The Kier molecular flexibility index (Phi) is 6.00. The minimum Gasteiger partial charge on any atom is -0.467 e. The van der Waals surface area contributed by atoms with Gasteiger partial charge in [-0.2, -0.15) is 4.31 Å². The van der Waals surface area contributed by atoms with Crippen LogP contribution in [0.2, 0.25) is 0 Å². The van der Waals surface area contributed by atoms with E-state index in [1.54, 1.807) is 29.4 Å². The number of carbonyl (C=O) groups excluding carboxylic acids is 1. The van der Waals surface area contributed by atoms with Gasteiger partial charge < -0.3 is 14.6 Å². The quantitative estimate of drug-likeness (QED) is 0.779. The largest absolute Gasteiger partial charge is 0.467 e. The lowest BCUT2D eigenvalue weighted by molar-refractivity contribution is 0.193. The van der Waals surface area contributed by atoms with Crippen LogP contribution < -0.4 is 5.32 Å². The highest BCUT2D eigenvalue weighted by Crippen LogP contribution is 2.27. The van der Waals surface area contributed by atoms with Gasteiger partial charge in [0.25, 0.3) is 10.0 Å². The second kappa shape index (κ2) is 8.24. The fourth-order valence-corrected chi connectivity index (χ4v) is 5.81. The number of amides is 2. The summed E-state index contributed by atoms with van der Waals surface area (Å²) in [6, 6.07) is 6.79. The van der Waals surface area contributed by atoms with E-state index in [2.05, 4.69) is 5.32 Å². The van der Waals surface area contributed by atoms with Crippen LogP contribution in [0.25, 0.3) is 0 Å². The molecular formula is C17H23N3O4S2. The number of sulfonamides is 1. The number of hydrogen-bond acceptors (Lipinski definition) is 5. The molecule has 26 heavy (non-hydrogen) atoms. The van der Waals surface area contributed by atoms with Crippen LogP contribution in [0.15, 0.2) is 39.2 Å². The summed E-state index contributed by atoms with van der Waals surface area (Å²) in [5, 5.41) is 2.84. The lowest BCUT2D eigenvalue weighted by Gasteiger charge is -2.20. The smallest absolute Gasteiger partial charge is 0.318 e. The van der Waals surface area contributed by atoms with Crippen molar-refractivity contribution in [1.82, 2.24) is 14.5 Å². The third-order valence-corrected chi connectivity index (χ3v) is 7.76. The third kappa shape index (κ3) is 4.28. The van der Waals surface area contributed by atoms with Gasteiger partial charge in [-0.15, -0.1) is 11.3 Å². The highest BCUT2D eigenvalue weighted by atomic mass is 32.2. The van der Waals surface area contributed by atoms with Crippen LogP contribution in [0.3, 0.4) is 0 Å². The standard InChI is InChI=1S/C17H23N3O4S2/c1-2-19(13-14-6-5-11-24-14)17(21)18-12-15-7-8-16(25-15)26(22,23)20-9-3-4-10-20/h5-8,11H,2-4,9-10,12-13H2,1H3,(H,18,21). The third-order valence-electron chi connectivity index (χ3n) is 4.31. The average Bonchev–Trinajstić information content (AvgIpc) is 3.40. The van der Waals surface area contributed by atoms with E-state index < -0.39 is 10.0 Å². The molecule has 2 aromatic heterocycles. The van der Waals surface area contributed by atoms with E-state index in [0.29, 0.717) is 36.9 Å². The van der Waals surface area contributed by atoms with Crippen LogP contribution in [0, 0.1) is 0 Å². The summed E-state index contributed by atoms with van der Waals surface area (Å²) in [4.78, 5) is 14.8. The van der Waals surface area contributed by atoms with Crippen LogP contribution in [0.4, 0.5) is 4.79 Å². The Morgan fingerprint density at radius 1 is 1.31 bits per heavy atom.